The fourth-order valence-corrected chi connectivity index (χ4v) is 3.26. The number of likely N-dealkylation sites (tertiary alicyclic amines) is 1. The lowest BCUT2D eigenvalue weighted by Gasteiger charge is -2.34. The summed E-state index contributed by atoms with van der Waals surface area (Å²) in [6, 6.07) is 0. The van der Waals surface area contributed by atoms with Crippen molar-refractivity contribution in [3.05, 3.63) is 0 Å². The normalized spacial score (nSPS) is 37.2. The number of alkyl halides is 2. The molecular formula is C12H19Cl2NO. The smallest absolute Gasteiger partial charge is 0.231 e. The van der Waals surface area contributed by atoms with Crippen molar-refractivity contribution in [1.29, 1.82) is 0 Å². The molecule has 16 heavy (non-hydrogen) atoms. The van der Waals surface area contributed by atoms with Gasteiger partial charge in [0.2, 0.25) is 5.91 Å². The van der Waals surface area contributed by atoms with E-state index in [0.717, 1.165) is 25.9 Å². The molecule has 2 aliphatic rings. The summed E-state index contributed by atoms with van der Waals surface area (Å²) >= 11 is 12.1. The van der Waals surface area contributed by atoms with Crippen LogP contribution in [0.5, 0.6) is 0 Å². The van der Waals surface area contributed by atoms with Gasteiger partial charge < -0.3 is 4.90 Å². The molecule has 0 aromatic carbocycles. The Bertz CT molecular complexity index is 305. The number of hydrogen-bond acceptors (Lipinski definition) is 1. The molecule has 1 saturated carbocycles. The Kier molecular flexibility index (Phi) is 3.17. The van der Waals surface area contributed by atoms with Crippen LogP contribution < -0.4 is 0 Å². The Morgan fingerprint density at radius 2 is 2.12 bits per heavy atom. The van der Waals surface area contributed by atoms with E-state index in [9.17, 15) is 4.79 Å². The summed E-state index contributed by atoms with van der Waals surface area (Å²) in [6.07, 6.45) is 4.09. The molecule has 0 aromatic rings. The molecule has 2 rings (SSSR count). The molecule has 0 aromatic heterocycles. The van der Waals surface area contributed by atoms with Gasteiger partial charge in [-0.15, -0.1) is 23.2 Å². The summed E-state index contributed by atoms with van der Waals surface area (Å²) in [5.74, 6) is 0.802. The van der Waals surface area contributed by atoms with Crippen LogP contribution in [-0.2, 0) is 4.79 Å². The number of hydrogen-bond donors (Lipinski definition) is 0. The van der Waals surface area contributed by atoms with E-state index < -0.39 is 9.75 Å². The van der Waals surface area contributed by atoms with Crippen molar-refractivity contribution in [2.75, 3.05) is 13.1 Å². The second-order valence-corrected chi connectivity index (χ2v) is 6.86. The quantitative estimate of drug-likeness (QED) is 0.701. The first-order chi connectivity index (χ1) is 7.40. The van der Waals surface area contributed by atoms with E-state index in [1.807, 2.05) is 11.8 Å². The number of carbonyl (C=O) groups is 1. The molecule has 1 saturated heterocycles. The van der Waals surface area contributed by atoms with E-state index in [0.29, 0.717) is 12.3 Å². The monoisotopic (exact) mass is 263 g/mol. The zero-order valence-corrected chi connectivity index (χ0v) is 11.4. The molecule has 1 aliphatic carbocycles. The van der Waals surface area contributed by atoms with Crippen LogP contribution in [0.3, 0.4) is 0 Å². The number of piperidine rings is 1. The minimum absolute atomic E-state index is 0.149. The van der Waals surface area contributed by atoms with E-state index in [-0.39, 0.29) is 5.91 Å². The van der Waals surface area contributed by atoms with Gasteiger partial charge in [0.05, 0.1) is 5.41 Å². The van der Waals surface area contributed by atoms with Gasteiger partial charge in [0.1, 0.15) is 4.33 Å². The van der Waals surface area contributed by atoms with Crippen molar-refractivity contribution in [2.45, 2.75) is 43.9 Å². The third kappa shape index (κ3) is 1.95. The van der Waals surface area contributed by atoms with Crippen molar-refractivity contribution in [3.8, 4) is 0 Å². The maximum Gasteiger partial charge on any atom is 0.231 e. The van der Waals surface area contributed by atoms with Crippen LogP contribution in [-0.4, -0.2) is 28.2 Å². The van der Waals surface area contributed by atoms with Gasteiger partial charge in [-0.1, -0.05) is 13.3 Å². The third-order valence-corrected chi connectivity index (χ3v) is 5.21. The van der Waals surface area contributed by atoms with Gasteiger partial charge in [0.25, 0.3) is 0 Å². The van der Waals surface area contributed by atoms with Crippen molar-refractivity contribution < 1.29 is 4.79 Å². The van der Waals surface area contributed by atoms with Gasteiger partial charge in [-0.25, -0.2) is 0 Å². The maximum atomic E-state index is 12.3. The minimum Gasteiger partial charge on any atom is -0.342 e. The fraction of sp³-hybridized carbons (Fsp3) is 0.917. The molecule has 2 fully saturated rings. The molecule has 4 heteroatoms. The minimum atomic E-state index is -0.830. The summed E-state index contributed by atoms with van der Waals surface area (Å²) in [6.45, 7) is 5.82. The fourth-order valence-electron chi connectivity index (χ4n) is 2.56. The number of halogens is 2. The molecule has 1 amide bonds. The molecule has 92 valence electrons. The van der Waals surface area contributed by atoms with E-state index in [2.05, 4.69) is 6.92 Å². The van der Waals surface area contributed by atoms with Gasteiger partial charge in [0, 0.05) is 13.1 Å². The van der Waals surface area contributed by atoms with Crippen LogP contribution in [0, 0.1) is 11.3 Å². The first-order valence-corrected chi connectivity index (χ1v) is 6.83. The Balaban J connectivity index is 2.01. The zero-order valence-electron chi connectivity index (χ0n) is 9.93. The lowest BCUT2D eigenvalue weighted by atomic mass is 9.94. The lowest BCUT2D eigenvalue weighted by Crippen LogP contribution is -2.44. The second-order valence-electron chi connectivity index (χ2n) is 5.38. The number of nitrogens with zero attached hydrogens (tertiary/aromatic N) is 1. The first kappa shape index (κ1) is 12.5. The molecule has 1 aliphatic heterocycles. The summed E-state index contributed by atoms with van der Waals surface area (Å²) in [5, 5.41) is 0. The highest BCUT2D eigenvalue weighted by Gasteiger charge is 2.68. The van der Waals surface area contributed by atoms with E-state index >= 15 is 0 Å². The zero-order chi connectivity index (χ0) is 12.0. The van der Waals surface area contributed by atoms with Gasteiger partial charge in [-0.2, -0.15) is 0 Å². The van der Waals surface area contributed by atoms with Crippen LogP contribution in [0.25, 0.3) is 0 Å². The Morgan fingerprint density at radius 3 is 2.62 bits per heavy atom. The third-order valence-electron chi connectivity index (χ3n) is 4.11. The van der Waals surface area contributed by atoms with Crippen LogP contribution >= 0.6 is 23.2 Å². The average molecular weight is 264 g/mol. The van der Waals surface area contributed by atoms with Crippen LogP contribution in [0.15, 0.2) is 0 Å². The molecule has 2 nitrogen and oxygen atoms in total. The summed E-state index contributed by atoms with van der Waals surface area (Å²) in [4.78, 5) is 14.3. The summed E-state index contributed by atoms with van der Waals surface area (Å²) in [7, 11) is 0. The topological polar surface area (TPSA) is 20.3 Å². The average Bonchev–Trinajstić information content (AvgIpc) is 2.78. The van der Waals surface area contributed by atoms with Crippen LogP contribution in [0.1, 0.15) is 39.5 Å². The molecular weight excluding hydrogens is 245 g/mol. The lowest BCUT2D eigenvalue weighted by molar-refractivity contribution is -0.138. The SMILES string of the molecule is CC[C@H]1CCCN(C(=O)[C@]2(C)CC2(Cl)Cl)C1. The van der Waals surface area contributed by atoms with E-state index in [1.165, 1.54) is 6.42 Å². The predicted molar refractivity (Wildman–Crippen MR) is 66.8 cm³/mol. The van der Waals surface area contributed by atoms with Gasteiger partial charge in [0.15, 0.2) is 0 Å². The number of rotatable bonds is 2. The van der Waals surface area contributed by atoms with Gasteiger partial charge in [-0.3, -0.25) is 4.79 Å². The summed E-state index contributed by atoms with van der Waals surface area (Å²) < 4.78 is -0.830. The molecule has 0 spiro atoms. The highest BCUT2D eigenvalue weighted by molar-refractivity contribution is 6.53. The molecule has 0 unspecified atom stereocenters. The Labute approximate surface area is 107 Å². The standard InChI is InChI=1S/C12H19Cl2NO/c1-3-9-5-4-6-15(7-9)10(16)11(2)8-12(11,13)14/h9H,3-8H2,1-2H3/t9-,11-/m0/s1. The highest BCUT2D eigenvalue weighted by Crippen LogP contribution is 2.64. The largest absolute Gasteiger partial charge is 0.342 e. The number of amides is 1. The highest BCUT2D eigenvalue weighted by atomic mass is 35.5. The summed E-state index contributed by atoms with van der Waals surface area (Å²) in [5.41, 5.74) is -0.536. The van der Waals surface area contributed by atoms with Gasteiger partial charge in [-0.05, 0) is 32.1 Å². The van der Waals surface area contributed by atoms with E-state index in [4.69, 9.17) is 23.2 Å². The molecule has 0 radical (unpaired) electrons. The van der Waals surface area contributed by atoms with Crippen molar-refractivity contribution in [1.82, 2.24) is 4.90 Å². The molecule has 2 atom stereocenters. The van der Waals surface area contributed by atoms with E-state index in [1.54, 1.807) is 0 Å². The number of carbonyl (C=O) groups excluding carboxylic acids is 1. The maximum absolute atomic E-state index is 12.3. The Hall–Kier alpha value is 0.0500. The Morgan fingerprint density at radius 1 is 1.50 bits per heavy atom. The van der Waals surface area contributed by atoms with Crippen LogP contribution in [0.4, 0.5) is 0 Å². The van der Waals surface area contributed by atoms with Crippen molar-refractivity contribution in [2.24, 2.45) is 11.3 Å². The van der Waals surface area contributed by atoms with Crippen LogP contribution in [0.2, 0.25) is 0 Å². The second kappa shape index (κ2) is 4.06. The van der Waals surface area contributed by atoms with Gasteiger partial charge >= 0.3 is 0 Å². The molecule has 0 N–H and O–H groups in total. The molecule has 1 heterocycles. The predicted octanol–water partition coefficient (Wildman–Crippen LogP) is 3.22. The first-order valence-electron chi connectivity index (χ1n) is 6.08. The molecule has 0 bridgehead atoms. The van der Waals surface area contributed by atoms with Crippen molar-refractivity contribution in [3.63, 3.8) is 0 Å². The van der Waals surface area contributed by atoms with Crippen molar-refractivity contribution >= 4 is 29.1 Å².